The molecule has 0 unspecified atom stereocenters. The Morgan fingerprint density at radius 3 is 2.08 bits per heavy atom. The van der Waals surface area contributed by atoms with Crippen molar-refractivity contribution in [3.63, 3.8) is 0 Å². The lowest BCUT2D eigenvalue weighted by molar-refractivity contribution is -0.115. The van der Waals surface area contributed by atoms with Gasteiger partial charge in [-0.2, -0.15) is 0 Å². The Hall–Kier alpha value is -4.76. The molecule has 1 atom stereocenters. The number of ether oxygens (including phenoxy) is 2. The van der Waals surface area contributed by atoms with Crippen LogP contribution in [0.3, 0.4) is 0 Å². The Bertz CT molecular complexity index is 1510. The fourth-order valence-corrected chi connectivity index (χ4v) is 5.07. The minimum absolute atomic E-state index is 0.0723. The summed E-state index contributed by atoms with van der Waals surface area (Å²) < 4.78 is 11.2. The number of fused-ring (bicyclic) bond motifs is 1. The van der Waals surface area contributed by atoms with Gasteiger partial charge in [-0.3, -0.25) is 9.59 Å². The van der Waals surface area contributed by atoms with E-state index >= 15 is 0 Å². The van der Waals surface area contributed by atoms with Crippen molar-refractivity contribution < 1.29 is 29.0 Å². The molecule has 0 aliphatic carbocycles. The van der Waals surface area contributed by atoms with Crippen molar-refractivity contribution in [1.82, 2.24) is 0 Å². The maximum Gasteiger partial charge on any atom is 0.336 e. The molecule has 1 aliphatic heterocycles. The van der Waals surface area contributed by atoms with Crippen LogP contribution in [0.25, 0.3) is 0 Å². The number of nitrogens with one attached hydrogen (secondary N) is 2. The second-order valence-electron chi connectivity index (χ2n) is 8.59. The molecule has 39 heavy (non-hydrogen) atoms. The smallest absolute Gasteiger partial charge is 0.336 e. The largest absolute Gasteiger partial charge is 0.486 e. The molecule has 8 nitrogen and oxygen atoms in total. The van der Waals surface area contributed by atoms with Crippen molar-refractivity contribution in [3.05, 3.63) is 114 Å². The van der Waals surface area contributed by atoms with Gasteiger partial charge in [-0.15, -0.1) is 11.8 Å². The molecule has 0 fully saturated rings. The first-order valence-corrected chi connectivity index (χ1v) is 13.0. The van der Waals surface area contributed by atoms with E-state index in [0.29, 0.717) is 36.1 Å². The molecule has 2 amide bonds. The van der Waals surface area contributed by atoms with Gasteiger partial charge in [-0.1, -0.05) is 42.5 Å². The second kappa shape index (κ2) is 11.7. The van der Waals surface area contributed by atoms with Gasteiger partial charge in [0.1, 0.15) is 18.5 Å². The van der Waals surface area contributed by atoms with E-state index in [0.717, 1.165) is 10.5 Å². The van der Waals surface area contributed by atoms with Crippen molar-refractivity contribution in [2.45, 2.75) is 10.1 Å². The standard InChI is InChI=1S/C30H24N2O6S/c33-28(23-8-4-5-9-24(23)30(35)36)31-20-10-13-22(14-11-20)39-27(19-6-2-1-3-7-19)29(34)32-21-12-15-25-26(18-21)38-17-16-37-25/h1-15,18,27H,16-17H2,(H,31,33)(H,32,34)(H,35,36)/t27-/m1/s1. The van der Waals surface area contributed by atoms with Crippen molar-refractivity contribution in [2.24, 2.45) is 0 Å². The van der Waals surface area contributed by atoms with E-state index in [-0.39, 0.29) is 17.0 Å². The Morgan fingerprint density at radius 1 is 0.718 bits per heavy atom. The molecule has 0 saturated heterocycles. The van der Waals surface area contributed by atoms with Gasteiger partial charge in [0.15, 0.2) is 11.5 Å². The highest BCUT2D eigenvalue weighted by atomic mass is 32.2. The van der Waals surface area contributed by atoms with Gasteiger partial charge in [0, 0.05) is 22.3 Å². The van der Waals surface area contributed by atoms with Crippen LogP contribution in [0.5, 0.6) is 11.5 Å². The SMILES string of the molecule is O=C(O)c1ccccc1C(=O)Nc1ccc(S[C@@H](C(=O)Nc2ccc3c(c2)OCCO3)c2ccccc2)cc1. The fourth-order valence-electron chi connectivity index (χ4n) is 4.05. The first kappa shape index (κ1) is 25.9. The number of hydrogen-bond acceptors (Lipinski definition) is 6. The Balaban J connectivity index is 1.31. The molecular weight excluding hydrogens is 516 g/mol. The zero-order valence-electron chi connectivity index (χ0n) is 20.6. The van der Waals surface area contributed by atoms with Crippen LogP contribution < -0.4 is 20.1 Å². The molecular formula is C30H24N2O6S. The van der Waals surface area contributed by atoms with Crippen LogP contribution in [0, 0.1) is 0 Å². The molecule has 0 radical (unpaired) electrons. The maximum absolute atomic E-state index is 13.4. The monoisotopic (exact) mass is 540 g/mol. The summed E-state index contributed by atoms with van der Waals surface area (Å²) in [7, 11) is 0. The molecule has 0 aromatic heterocycles. The average molecular weight is 541 g/mol. The third-order valence-corrected chi connectivity index (χ3v) is 7.18. The first-order valence-electron chi connectivity index (χ1n) is 12.1. The molecule has 0 bridgehead atoms. The Morgan fingerprint density at radius 2 is 1.36 bits per heavy atom. The normalized spacial score (nSPS) is 12.7. The number of carboxylic acid groups (broad SMARTS) is 1. The van der Waals surface area contributed by atoms with Crippen molar-refractivity contribution in [3.8, 4) is 11.5 Å². The van der Waals surface area contributed by atoms with Gasteiger partial charge in [0.2, 0.25) is 5.91 Å². The van der Waals surface area contributed by atoms with E-state index < -0.39 is 17.1 Å². The number of anilines is 2. The number of amides is 2. The zero-order valence-corrected chi connectivity index (χ0v) is 21.4. The van der Waals surface area contributed by atoms with Crippen LogP contribution in [-0.4, -0.2) is 36.1 Å². The topological polar surface area (TPSA) is 114 Å². The molecule has 1 aliphatic rings. The number of rotatable bonds is 8. The third-order valence-electron chi connectivity index (χ3n) is 5.92. The number of hydrogen-bond donors (Lipinski definition) is 3. The number of carbonyl (C=O) groups excluding carboxylic acids is 2. The zero-order chi connectivity index (χ0) is 27.2. The molecule has 1 heterocycles. The van der Waals surface area contributed by atoms with E-state index in [1.165, 1.54) is 23.9 Å². The molecule has 4 aromatic carbocycles. The minimum Gasteiger partial charge on any atom is -0.486 e. The van der Waals surface area contributed by atoms with Gasteiger partial charge >= 0.3 is 5.97 Å². The summed E-state index contributed by atoms with van der Waals surface area (Å²) in [4.78, 5) is 38.4. The van der Waals surface area contributed by atoms with Crippen LogP contribution in [0.15, 0.2) is 102 Å². The second-order valence-corrected chi connectivity index (χ2v) is 9.76. The lowest BCUT2D eigenvalue weighted by atomic mass is 10.1. The molecule has 0 saturated carbocycles. The highest BCUT2D eigenvalue weighted by molar-refractivity contribution is 8.00. The lowest BCUT2D eigenvalue weighted by Crippen LogP contribution is -2.20. The van der Waals surface area contributed by atoms with Crippen LogP contribution in [0.1, 0.15) is 31.5 Å². The van der Waals surface area contributed by atoms with Gasteiger partial charge in [0.05, 0.1) is 11.1 Å². The number of carbonyl (C=O) groups is 3. The predicted octanol–water partition coefficient (Wildman–Crippen LogP) is 5.88. The molecule has 0 spiro atoms. The molecule has 9 heteroatoms. The van der Waals surface area contributed by atoms with Crippen LogP contribution in [-0.2, 0) is 4.79 Å². The highest BCUT2D eigenvalue weighted by Gasteiger charge is 2.23. The fraction of sp³-hybridized carbons (Fsp3) is 0.100. The summed E-state index contributed by atoms with van der Waals surface area (Å²) in [5, 5.41) is 14.5. The Labute approximate surface area is 229 Å². The minimum atomic E-state index is -1.17. The summed E-state index contributed by atoms with van der Waals surface area (Å²) in [6, 6.07) is 27.8. The summed E-state index contributed by atoms with van der Waals surface area (Å²) in [5.74, 6) is -0.660. The Kier molecular flexibility index (Phi) is 7.79. The average Bonchev–Trinajstić information content (AvgIpc) is 2.97. The van der Waals surface area contributed by atoms with Gasteiger partial charge in [-0.05, 0) is 54.1 Å². The van der Waals surface area contributed by atoms with Gasteiger partial charge < -0.3 is 25.2 Å². The number of benzene rings is 4. The van der Waals surface area contributed by atoms with E-state index in [1.54, 1.807) is 54.6 Å². The van der Waals surface area contributed by atoms with E-state index in [4.69, 9.17) is 9.47 Å². The van der Waals surface area contributed by atoms with Gasteiger partial charge in [0.25, 0.3) is 5.91 Å². The maximum atomic E-state index is 13.4. The van der Waals surface area contributed by atoms with Crippen molar-refractivity contribution >= 4 is 40.9 Å². The number of thioether (sulfide) groups is 1. The van der Waals surface area contributed by atoms with E-state index in [2.05, 4.69) is 10.6 Å². The molecule has 4 aromatic rings. The first-order chi connectivity index (χ1) is 19.0. The van der Waals surface area contributed by atoms with Crippen molar-refractivity contribution in [1.29, 1.82) is 0 Å². The number of aromatic carboxylic acids is 1. The van der Waals surface area contributed by atoms with Crippen LogP contribution in [0.2, 0.25) is 0 Å². The summed E-state index contributed by atoms with van der Waals surface area (Å²) in [6.45, 7) is 0.943. The quantitative estimate of drug-likeness (QED) is 0.239. The van der Waals surface area contributed by atoms with Crippen molar-refractivity contribution in [2.75, 3.05) is 23.8 Å². The van der Waals surface area contributed by atoms with E-state index in [9.17, 15) is 19.5 Å². The van der Waals surface area contributed by atoms with Crippen LogP contribution in [0.4, 0.5) is 11.4 Å². The lowest BCUT2D eigenvalue weighted by Gasteiger charge is -2.20. The predicted molar refractivity (Wildman–Crippen MR) is 149 cm³/mol. The summed E-state index contributed by atoms with van der Waals surface area (Å²) in [6.07, 6.45) is 0. The van der Waals surface area contributed by atoms with Crippen LogP contribution >= 0.6 is 11.8 Å². The van der Waals surface area contributed by atoms with Gasteiger partial charge in [-0.25, -0.2) is 4.79 Å². The summed E-state index contributed by atoms with van der Waals surface area (Å²) >= 11 is 1.37. The number of carboxylic acids is 1. The molecule has 5 rings (SSSR count). The highest BCUT2D eigenvalue weighted by Crippen LogP contribution is 2.38. The van der Waals surface area contributed by atoms with E-state index in [1.807, 2.05) is 30.3 Å². The molecule has 196 valence electrons. The molecule has 3 N–H and O–H groups in total. The summed E-state index contributed by atoms with van der Waals surface area (Å²) in [5.41, 5.74) is 1.94. The third kappa shape index (κ3) is 6.22.